The predicted octanol–water partition coefficient (Wildman–Crippen LogP) is 1.12. The molecular weight excluding hydrogens is 206 g/mol. The molecule has 0 aromatic heterocycles. The number of hydrogen-bond donors (Lipinski definition) is 0. The lowest BCUT2D eigenvalue weighted by atomic mass is 10.1. The van der Waals surface area contributed by atoms with Crippen LogP contribution in [-0.2, 0) is 14.3 Å². The molecule has 4 nitrogen and oxygen atoms in total. The van der Waals surface area contributed by atoms with Gasteiger partial charge in [-0.25, -0.2) is 4.79 Å². The predicted molar refractivity (Wildman–Crippen MR) is 58.6 cm³/mol. The highest BCUT2D eigenvalue weighted by Gasteiger charge is 2.37. The van der Waals surface area contributed by atoms with Crippen molar-refractivity contribution in [3.8, 4) is 0 Å². The fourth-order valence-electron chi connectivity index (χ4n) is 2.44. The highest BCUT2D eigenvalue weighted by atomic mass is 16.5. The van der Waals surface area contributed by atoms with E-state index < -0.39 is 0 Å². The average molecular weight is 223 g/mol. The van der Waals surface area contributed by atoms with Crippen molar-refractivity contribution in [3.05, 3.63) is 11.8 Å². The third kappa shape index (κ3) is 1.72. The molecule has 0 aromatic carbocycles. The molecule has 1 fully saturated rings. The van der Waals surface area contributed by atoms with E-state index in [-0.39, 0.29) is 23.7 Å². The molecule has 0 radical (unpaired) electrons. The normalized spacial score (nSPS) is 29.5. The standard InChI is InChI=1S/C12H17NO3/c1-8-5-6-9(11(8)14)13-7-3-4-10(13)12(15)16-2/h6,8,10H,3-5,7H2,1-2H3/t8?,10-/m0/s1. The summed E-state index contributed by atoms with van der Waals surface area (Å²) >= 11 is 0. The molecule has 1 heterocycles. The van der Waals surface area contributed by atoms with Crippen molar-refractivity contribution >= 4 is 11.8 Å². The van der Waals surface area contributed by atoms with Gasteiger partial charge in [-0.1, -0.05) is 13.0 Å². The van der Waals surface area contributed by atoms with Crippen molar-refractivity contribution < 1.29 is 14.3 Å². The van der Waals surface area contributed by atoms with E-state index in [0.717, 1.165) is 31.5 Å². The largest absolute Gasteiger partial charge is 0.467 e. The first-order valence-electron chi connectivity index (χ1n) is 5.74. The van der Waals surface area contributed by atoms with E-state index in [9.17, 15) is 9.59 Å². The number of Topliss-reactive ketones (excluding diaryl/α,β-unsaturated/α-hetero) is 1. The molecule has 1 saturated heterocycles. The number of ether oxygens (including phenoxy) is 1. The zero-order chi connectivity index (χ0) is 11.7. The molecule has 0 aromatic rings. The number of carbonyl (C=O) groups excluding carboxylic acids is 2. The van der Waals surface area contributed by atoms with E-state index in [0.29, 0.717) is 0 Å². The Morgan fingerprint density at radius 1 is 1.56 bits per heavy atom. The molecule has 1 unspecified atom stereocenters. The lowest BCUT2D eigenvalue weighted by molar-refractivity contribution is -0.145. The SMILES string of the molecule is COC(=O)[C@@H]1CCCN1C1=CCC(C)C1=O. The van der Waals surface area contributed by atoms with Crippen molar-refractivity contribution in [2.75, 3.05) is 13.7 Å². The second-order valence-electron chi connectivity index (χ2n) is 4.46. The number of rotatable bonds is 2. The van der Waals surface area contributed by atoms with Gasteiger partial charge in [0.15, 0.2) is 5.78 Å². The van der Waals surface area contributed by atoms with Crippen LogP contribution in [0, 0.1) is 5.92 Å². The molecule has 16 heavy (non-hydrogen) atoms. The van der Waals surface area contributed by atoms with Gasteiger partial charge in [0.1, 0.15) is 6.04 Å². The molecule has 0 saturated carbocycles. The molecular formula is C12H17NO3. The number of hydrogen-bond acceptors (Lipinski definition) is 4. The van der Waals surface area contributed by atoms with Crippen molar-refractivity contribution in [1.82, 2.24) is 4.90 Å². The van der Waals surface area contributed by atoms with Crippen LogP contribution < -0.4 is 0 Å². The summed E-state index contributed by atoms with van der Waals surface area (Å²) in [6.45, 7) is 2.71. The van der Waals surface area contributed by atoms with E-state index in [1.807, 2.05) is 17.9 Å². The minimum Gasteiger partial charge on any atom is -0.467 e. The molecule has 2 rings (SSSR count). The van der Waals surface area contributed by atoms with Crippen LogP contribution in [0.2, 0.25) is 0 Å². The highest BCUT2D eigenvalue weighted by molar-refractivity contribution is 5.99. The number of methoxy groups -OCH3 is 1. The Morgan fingerprint density at radius 3 is 2.88 bits per heavy atom. The molecule has 2 aliphatic rings. The van der Waals surface area contributed by atoms with Crippen LogP contribution in [0.1, 0.15) is 26.2 Å². The number of likely N-dealkylation sites (tertiary alicyclic amines) is 1. The van der Waals surface area contributed by atoms with Crippen LogP contribution >= 0.6 is 0 Å². The summed E-state index contributed by atoms with van der Waals surface area (Å²) in [6.07, 6.45) is 4.47. The summed E-state index contributed by atoms with van der Waals surface area (Å²) in [6, 6.07) is -0.259. The topological polar surface area (TPSA) is 46.6 Å². The van der Waals surface area contributed by atoms with Gasteiger partial charge < -0.3 is 9.64 Å². The first kappa shape index (κ1) is 11.2. The van der Waals surface area contributed by atoms with Gasteiger partial charge in [0.25, 0.3) is 0 Å². The van der Waals surface area contributed by atoms with Crippen molar-refractivity contribution in [1.29, 1.82) is 0 Å². The van der Waals surface area contributed by atoms with Crippen molar-refractivity contribution in [3.63, 3.8) is 0 Å². The Hall–Kier alpha value is -1.32. The second-order valence-corrected chi connectivity index (χ2v) is 4.46. The van der Waals surface area contributed by atoms with Crippen LogP contribution in [0.25, 0.3) is 0 Å². The molecule has 0 N–H and O–H groups in total. The third-order valence-corrected chi connectivity index (χ3v) is 3.40. The first-order valence-corrected chi connectivity index (χ1v) is 5.74. The summed E-state index contributed by atoms with van der Waals surface area (Å²) in [5.41, 5.74) is 0.723. The zero-order valence-electron chi connectivity index (χ0n) is 9.73. The Kier molecular flexibility index (Phi) is 2.99. The van der Waals surface area contributed by atoms with Gasteiger partial charge in [-0.15, -0.1) is 0 Å². The van der Waals surface area contributed by atoms with Crippen LogP contribution in [0.4, 0.5) is 0 Å². The molecule has 0 spiro atoms. The van der Waals surface area contributed by atoms with Crippen LogP contribution in [-0.4, -0.2) is 36.3 Å². The van der Waals surface area contributed by atoms with Gasteiger partial charge in [-0.3, -0.25) is 4.79 Å². The average Bonchev–Trinajstić information content (AvgIpc) is 2.86. The molecule has 2 atom stereocenters. The van der Waals surface area contributed by atoms with E-state index in [4.69, 9.17) is 4.74 Å². The van der Waals surface area contributed by atoms with Crippen LogP contribution in [0.5, 0.6) is 0 Å². The van der Waals surface area contributed by atoms with Gasteiger partial charge in [-0.2, -0.15) is 0 Å². The summed E-state index contributed by atoms with van der Waals surface area (Å²) in [7, 11) is 1.40. The minimum absolute atomic E-state index is 0.0638. The number of esters is 1. The smallest absolute Gasteiger partial charge is 0.328 e. The molecule has 1 aliphatic carbocycles. The Bertz CT molecular complexity index is 348. The van der Waals surface area contributed by atoms with E-state index in [1.165, 1.54) is 7.11 Å². The third-order valence-electron chi connectivity index (χ3n) is 3.40. The Morgan fingerprint density at radius 2 is 2.31 bits per heavy atom. The van der Waals surface area contributed by atoms with Crippen LogP contribution in [0.15, 0.2) is 11.8 Å². The number of carbonyl (C=O) groups is 2. The quantitative estimate of drug-likeness (QED) is 0.658. The summed E-state index contributed by atoms with van der Waals surface area (Å²) in [4.78, 5) is 25.4. The fourth-order valence-corrected chi connectivity index (χ4v) is 2.44. The fraction of sp³-hybridized carbons (Fsp3) is 0.667. The Labute approximate surface area is 95.2 Å². The van der Waals surface area contributed by atoms with E-state index in [1.54, 1.807) is 0 Å². The number of allylic oxidation sites excluding steroid dienone is 2. The molecule has 88 valence electrons. The van der Waals surface area contributed by atoms with Gasteiger partial charge in [0.05, 0.1) is 12.8 Å². The first-order chi connectivity index (χ1) is 7.65. The van der Waals surface area contributed by atoms with Gasteiger partial charge in [0, 0.05) is 12.5 Å². The second kappa shape index (κ2) is 4.28. The monoisotopic (exact) mass is 223 g/mol. The maximum absolute atomic E-state index is 11.9. The lowest BCUT2D eigenvalue weighted by Gasteiger charge is -2.25. The number of ketones is 1. The molecule has 4 heteroatoms. The number of nitrogens with zero attached hydrogens (tertiary/aromatic N) is 1. The van der Waals surface area contributed by atoms with Crippen molar-refractivity contribution in [2.45, 2.75) is 32.2 Å². The van der Waals surface area contributed by atoms with Crippen molar-refractivity contribution in [2.24, 2.45) is 5.92 Å². The summed E-state index contributed by atoms with van der Waals surface area (Å²) in [5.74, 6) is -0.00421. The molecule has 0 bridgehead atoms. The maximum atomic E-state index is 11.9. The zero-order valence-corrected chi connectivity index (χ0v) is 9.73. The van der Waals surface area contributed by atoms with Gasteiger partial charge >= 0.3 is 5.97 Å². The minimum atomic E-state index is -0.259. The molecule has 0 amide bonds. The lowest BCUT2D eigenvalue weighted by Crippen LogP contribution is -2.38. The van der Waals surface area contributed by atoms with E-state index in [2.05, 4.69) is 0 Å². The van der Waals surface area contributed by atoms with E-state index >= 15 is 0 Å². The summed E-state index contributed by atoms with van der Waals surface area (Å²) < 4.78 is 4.77. The Balaban J connectivity index is 2.15. The van der Waals surface area contributed by atoms with Gasteiger partial charge in [-0.05, 0) is 19.3 Å². The highest BCUT2D eigenvalue weighted by Crippen LogP contribution is 2.30. The molecule has 1 aliphatic heterocycles. The summed E-state index contributed by atoms with van der Waals surface area (Å²) in [5, 5.41) is 0. The van der Waals surface area contributed by atoms with Crippen LogP contribution in [0.3, 0.4) is 0 Å². The maximum Gasteiger partial charge on any atom is 0.328 e. The van der Waals surface area contributed by atoms with Gasteiger partial charge in [0.2, 0.25) is 0 Å².